The van der Waals surface area contributed by atoms with Crippen LogP contribution < -0.4 is 0 Å². The summed E-state index contributed by atoms with van der Waals surface area (Å²) in [6, 6.07) is 1.27. The Labute approximate surface area is 116 Å². The summed E-state index contributed by atoms with van der Waals surface area (Å²) in [5.74, 6) is -0.599. The zero-order valence-electron chi connectivity index (χ0n) is 10.6. The molecule has 1 aromatic heterocycles. The molecule has 19 heavy (non-hydrogen) atoms. The minimum absolute atomic E-state index is 0.108. The van der Waals surface area contributed by atoms with Gasteiger partial charge in [0.25, 0.3) is 5.91 Å². The van der Waals surface area contributed by atoms with E-state index in [1.54, 1.807) is 16.3 Å². The van der Waals surface area contributed by atoms with E-state index in [-0.39, 0.29) is 11.9 Å². The van der Waals surface area contributed by atoms with Crippen LogP contribution in [0.3, 0.4) is 0 Å². The minimum atomic E-state index is -0.863. The van der Waals surface area contributed by atoms with Crippen LogP contribution in [-0.4, -0.2) is 34.0 Å². The van der Waals surface area contributed by atoms with Crippen molar-refractivity contribution in [2.24, 2.45) is 5.92 Å². The number of hydrogen-bond donors (Lipinski definition) is 1. The molecule has 1 amide bonds. The Balaban J connectivity index is 1.90. The summed E-state index contributed by atoms with van der Waals surface area (Å²) < 4.78 is 0. The first-order valence-electron chi connectivity index (χ1n) is 6.76. The lowest BCUT2D eigenvalue weighted by molar-refractivity contribution is -0.141. The quantitative estimate of drug-likeness (QED) is 0.905. The van der Waals surface area contributed by atoms with Gasteiger partial charge in [0.1, 0.15) is 6.04 Å². The van der Waals surface area contributed by atoms with Crippen LogP contribution in [0.4, 0.5) is 0 Å². The number of carboxylic acids is 1. The first-order valence-corrected chi connectivity index (χ1v) is 7.70. The molecule has 3 atom stereocenters. The number of rotatable bonds is 2. The van der Waals surface area contributed by atoms with Gasteiger partial charge in [-0.3, -0.25) is 4.79 Å². The molecule has 0 radical (unpaired) electrons. The van der Waals surface area contributed by atoms with Crippen molar-refractivity contribution in [1.29, 1.82) is 0 Å². The lowest BCUT2D eigenvalue weighted by Gasteiger charge is -2.32. The molecule has 1 aliphatic carbocycles. The molecule has 2 fully saturated rings. The lowest BCUT2D eigenvalue weighted by Crippen LogP contribution is -2.46. The van der Waals surface area contributed by atoms with Crippen molar-refractivity contribution in [2.75, 3.05) is 0 Å². The van der Waals surface area contributed by atoms with Crippen LogP contribution in [0.25, 0.3) is 0 Å². The van der Waals surface area contributed by atoms with Crippen LogP contribution in [0.15, 0.2) is 16.8 Å². The largest absolute Gasteiger partial charge is 0.480 e. The molecule has 1 aromatic rings. The van der Waals surface area contributed by atoms with E-state index in [9.17, 15) is 14.7 Å². The molecule has 4 nitrogen and oxygen atoms in total. The van der Waals surface area contributed by atoms with Gasteiger partial charge in [-0.2, -0.15) is 11.3 Å². The summed E-state index contributed by atoms with van der Waals surface area (Å²) in [6.07, 6.45) is 4.89. The van der Waals surface area contributed by atoms with E-state index in [2.05, 4.69) is 0 Å². The molecule has 1 saturated heterocycles. The molecule has 1 aliphatic heterocycles. The predicted molar refractivity (Wildman–Crippen MR) is 72.3 cm³/mol. The summed E-state index contributed by atoms with van der Waals surface area (Å²) in [7, 11) is 0. The number of carboxylic acid groups (broad SMARTS) is 1. The molecule has 1 saturated carbocycles. The van der Waals surface area contributed by atoms with Crippen molar-refractivity contribution in [3.8, 4) is 0 Å². The molecular weight excluding hydrogens is 262 g/mol. The van der Waals surface area contributed by atoms with Gasteiger partial charge in [0, 0.05) is 11.4 Å². The van der Waals surface area contributed by atoms with Gasteiger partial charge in [0.15, 0.2) is 0 Å². The van der Waals surface area contributed by atoms with Crippen LogP contribution in [0.1, 0.15) is 42.5 Å². The first kappa shape index (κ1) is 12.7. The zero-order valence-corrected chi connectivity index (χ0v) is 11.4. The van der Waals surface area contributed by atoms with Gasteiger partial charge in [0.2, 0.25) is 0 Å². The summed E-state index contributed by atoms with van der Waals surface area (Å²) >= 11 is 1.47. The Bertz CT molecular complexity index is 485. The Hall–Kier alpha value is -1.36. The molecule has 5 heteroatoms. The summed E-state index contributed by atoms with van der Waals surface area (Å²) in [4.78, 5) is 25.6. The van der Waals surface area contributed by atoms with Crippen LogP contribution in [0.5, 0.6) is 0 Å². The number of hydrogen-bond acceptors (Lipinski definition) is 3. The highest BCUT2D eigenvalue weighted by Crippen LogP contribution is 2.40. The Kier molecular flexibility index (Phi) is 3.31. The Morgan fingerprint density at radius 1 is 1.32 bits per heavy atom. The third-order valence-corrected chi connectivity index (χ3v) is 5.06. The third-order valence-electron chi connectivity index (χ3n) is 4.38. The zero-order chi connectivity index (χ0) is 13.4. The van der Waals surface area contributed by atoms with Crippen LogP contribution >= 0.6 is 11.3 Å². The van der Waals surface area contributed by atoms with Gasteiger partial charge in [-0.05, 0) is 36.6 Å². The fourth-order valence-electron chi connectivity index (χ4n) is 3.51. The average Bonchev–Trinajstić information content (AvgIpc) is 3.05. The monoisotopic (exact) mass is 279 g/mol. The van der Waals surface area contributed by atoms with Crippen molar-refractivity contribution in [2.45, 2.75) is 44.2 Å². The molecule has 2 heterocycles. The molecule has 3 rings (SSSR count). The van der Waals surface area contributed by atoms with E-state index < -0.39 is 12.0 Å². The maximum Gasteiger partial charge on any atom is 0.326 e. The molecule has 0 aromatic carbocycles. The summed E-state index contributed by atoms with van der Waals surface area (Å²) in [5.41, 5.74) is 0.627. The molecule has 102 valence electrons. The normalized spacial score (nSPS) is 30.1. The number of thiophene rings is 1. The van der Waals surface area contributed by atoms with Gasteiger partial charge in [-0.15, -0.1) is 0 Å². The fraction of sp³-hybridized carbons (Fsp3) is 0.571. The van der Waals surface area contributed by atoms with E-state index >= 15 is 0 Å². The number of carbonyl (C=O) groups excluding carboxylic acids is 1. The molecule has 2 aliphatic rings. The van der Waals surface area contributed by atoms with Gasteiger partial charge in [-0.1, -0.05) is 12.8 Å². The summed E-state index contributed by atoms with van der Waals surface area (Å²) in [6.45, 7) is 0. The average molecular weight is 279 g/mol. The molecule has 1 N–H and O–H groups in total. The highest BCUT2D eigenvalue weighted by Gasteiger charge is 2.47. The maximum absolute atomic E-state index is 12.5. The van der Waals surface area contributed by atoms with E-state index in [0.29, 0.717) is 17.9 Å². The number of carbonyl (C=O) groups is 2. The van der Waals surface area contributed by atoms with Crippen LogP contribution in [0, 0.1) is 5.92 Å². The first-order chi connectivity index (χ1) is 9.18. The van der Waals surface area contributed by atoms with Gasteiger partial charge < -0.3 is 10.0 Å². The lowest BCUT2D eigenvalue weighted by atomic mass is 9.84. The van der Waals surface area contributed by atoms with Crippen molar-refractivity contribution in [3.63, 3.8) is 0 Å². The Morgan fingerprint density at radius 2 is 2.11 bits per heavy atom. The third kappa shape index (κ3) is 2.16. The van der Waals surface area contributed by atoms with Crippen molar-refractivity contribution < 1.29 is 14.7 Å². The molecule has 3 unspecified atom stereocenters. The number of aliphatic carboxylic acids is 1. The van der Waals surface area contributed by atoms with Gasteiger partial charge >= 0.3 is 5.97 Å². The second kappa shape index (κ2) is 4.96. The van der Waals surface area contributed by atoms with E-state index in [4.69, 9.17) is 0 Å². The maximum atomic E-state index is 12.5. The number of likely N-dealkylation sites (tertiary alicyclic amines) is 1. The highest BCUT2D eigenvalue weighted by atomic mass is 32.1. The highest BCUT2D eigenvalue weighted by molar-refractivity contribution is 7.08. The standard InChI is InChI=1S/C14H17NO3S/c16-13(10-5-6-19-8-10)15-11-4-2-1-3-9(11)7-12(15)14(17)18/h5-6,8-9,11-12H,1-4,7H2,(H,17,18). The number of amides is 1. The van der Waals surface area contributed by atoms with E-state index in [1.807, 2.05) is 5.38 Å². The minimum Gasteiger partial charge on any atom is -0.480 e. The number of nitrogens with zero attached hydrogens (tertiary/aromatic N) is 1. The number of fused-ring (bicyclic) bond motifs is 1. The van der Waals surface area contributed by atoms with Crippen molar-refractivity contribution >= 4 is 23.2 Å². The topological polar surface area (TPSA) is 57.6 Å². The molecule has 0 bridgehead atoms. The smallest absolute Gasteiger partial charge is 0.326 e. The second-order valence-corrected chi connectivity index (χ2v) is 6.21. The SMILES string of the molecule is O=C(O)C1CC2CCCCC2N1C(=O)c1ccsc1. The van der Waals surface area contributed by atoms with Gasteiger partial charge in [-0.25, -0.2) is 4.79 Å². The Morgan fingerprint density at radius 3 is 2.79 bits per heavy atom. The fourth-order valence-corrected chi connectivity index (χ4v) is 4.14. The van der Waals surface area contributed by atoms with Gasteiger partial charge in [0.05, 0.1) is 5.56 Å². The van der Waals surface area contributed by atoms with Crippen molar-refractivity contribution in [3.05, 3.63) is 22.4 Å². The van der Waals surface area contributed by atoms with Crippen LogP contribution in [-0.2, 0) is 4.79 Å². The van der Waals surface area contributed by atoms with Crippen LogP contribution in [0.2, 0.25) is 0 Å². The molecule has 0 spiro atoms. The van der Waals surface area contributed by atoms with E-state index in [0.717, 1.165) is 25.7 Å². The summed E-state index contributed by atoms with van der Waals surface area (Å²) in [5, 5.41) is 13.0. The van der Waals surface area contributed by atoms with E-state index in [1.165, 1.54) is 11.3 Å². The molecular formula is C14H17NO3S. The van der Waals surface area contributed by atoms with Crippen molar-refractivity contribution in [1.82, 2.24) is 4.90 Å². The predicted octanol–water partition coefficient (Wildman–Crippen LogP) is 2.61. The second-order valence-electron chi connectivity index (χ2n) is 5.43.